The number of nitrogens with one attached hydrogen (secondary N) is 1. The van der Waals surface area contributed by atoms with Crippen LogP contribution in [0.2, 0.25) is 0 Å². The van der Waals surface area contributed by atoms with E-state index in [0.717, 1.165) is 35.5 Å². The van der Waals surface area contributed by atoms with Crippen LogP contribution in [0.5, 0.6) is 5.75 Å². The first kappa shape index (κ1) is 16.2. The average Bonchev–Trinajstić information content (AvgIpc) is 2.86. The molecule has 0 spiro atoms. The van der Waals surface area contributed by atoms with E-state index in [1.165, 1.54) is 0 Å². The fourth-order valence-electron chi connectivity index (χ4n) is 2.92. The number of aromatic amines is 1. The fraction of sp³-hybridized carbons (Fsp3) is 0.389. The van der Waals surface area contributed by atoms with Crippen molar-refractivity contribution >= 4 is 5.52 Å². The predicted octanol–water partition coefficient (Wildman–Crippen LogP) is 3.05. The van der Waals surface area contributed by atoms with Crippen LogP contribution in [0.25, 0.3) is 16.9 Å². The van der Waals surface area contributed by atoms with Gasteiger partial charge in [-0.05, 0) is 38.8 Å². The van der Waals surface area contributed by atoms with Gasteiger partial charge in [-0.3, -0.25) is 4.79 Å². The summed E-state index contributed by atoms with van der Waals surface area (Å²) in [5, 5.41) is 4.65. The molecule has 1 aromatic carbocycles. The zero-order valence-corrected chi connectivity index (χ0v) is 14.5. The molecular weight excluding hydrogens is 304 g/mol. The summed E-state index contributed by atoms with van der Waals surface area (Å²) in [6, 6.07) is 5.82. The maximum absolute atomic E-state index is 12.6. The van der Waals surface area contributed by atoms with Gasteiger partial charge in [-0.25, -0.2) is 9.50 Å². The molecule has 2 aromatic heterocycles. The Bertz CT molecular complexity index is 940. The van der Waals surface area contributed by atoms with E-state index in [1.807, 2.05) is 39.0 Å². The zero-order valence-electron chi connectivity index (χ0n) is 14.5. The van der Waals surface area contributed by atoms with E-state index in [0.29, 0.717) is 23.6 Å². The Labute approximate surface area is 140 Å². The second kappa shape index (κ2) is 6.47. The van der Waals surface area contributed by atoms with Crippen LogP contribution in [0.4, 0.5) is 0 Å². The number of H-pyrrole nitrogens is 1. The van der Waals surface area contributed by atoms with Gasteiger partial charge in [0.25, 0.3) is 5.56 Å². The van der Waals surface area contributed by atoms with E-state index in [2.05, 4.69) is 22.0 Å². The summed E-state index contributed by atoms with van der Waals surface area (Å²) in [5.41, 5.74) is 2.81. The molecule has 0 saturated carbocycles. The first-order chi connectivity index (χ1) is 11.6. The second-order valence-corrected chi connectivity index (χ2v) is 5.81. The Morgan fingerprint density at radius 1 is 1.25 bits per heavy atom. The van der Waals surface area contributed by atoms with Crippen LogP contribution in [0.3, 0.4) is 0 Å². The van der Waals surface area contributed by atoms with Gasteiger partial charge >= 0.3 is 0 Å². The number of ether oxygens (including phenoxy) is 1. The standard InChI is InChI=1S/C18H22N4O2/c1-5-8-14-19-12(4)15-18(23)20-17(21-22(14)15)13-10-7-9-11(3)16(13)24-6-2/h7,9-10H,5-6,8H2,1-4H3,(H,20,21,23). The molecule has 0 amide bonds. The molecule has 0 aliphatic carbocycles. The molecule has 3 rings (SSSR count). The Morgan fingerprint density at radius 3 is 2.75 bits per heavy atom. The Morgan fingerprint density at radius 2 is 2.04 bits per heavy atom. The lowest BCUT2D eigenvalue weighted by Crippen LogP contribution is -2.16. The summed E-state index contributed by atoms with van der Waals surface area (Å²) in [4.78, 5) is 20.0. The van der Waals surface area contributed by atoms with Gasteiger partial charge in [0.2, 0.25) is 0 Å². The molecule has 2 heterocycles. The van der Waals surface area contributed by atoms with Gasteiger partial charge in [0, 0.05) is 6.42 Å². The monoisotopic (exact) mass is 326 g/mol. The number of benzene rings is 1. The van der Waals surface area contributed by atoms with Crippen molar-refractivity contribution in [2.24, 2.45) is 0 Å². The lowest BCUT2D eigenvalue weighted by Gasteiger charge is -2.12. The minimum atomic E-state index is -0.184. The second-order valence-electron chi connectivity index (χ2n) is 5.81. The molecule has 126 valence electrons. The summed E-state index contributed by atoms with van der Waals surface area (Å²) in [7, 11) is 0. The molecule has 6 nitrogen and oxygen atoms in total. The van der Waals surface area contributed by atoms with E-state index < -0.39 is 0 Å². The van der Waals surface area contributed by atoms with Gasteiger partial charge in [-0.1, -0.05) is 19.1 Å². The third-order valence-corrected chi connectivity index (χ3v) is 3.97. The highest BCUT2D eigenvalue weighted by Gasteiger charge is 2.17. The summed E-state index contributed by atoms with van der Waals surface area (Å²) in [5.74, 6) is 2.05. The van der Waals surface area contributed by atoms with Gasteiger partial charge in [-0.2, -0.15) is 0 Å². The summed E-state index contributed by atoms with van der Waals surface area (Å²) < 4.78 is 7.44. The lowest BCUT2D eigenvalue weighted by atomic mass is 10.1. The molecule has 0 bridgehead atoms. The molecule has 6 heteroatoms. The molecular formula is C18H22N4O2. The van der Waals surface area contributed by atoms with Crippen LogP contribution in [0.1, 0.15) is 37.4 Å². The number of fused-ring (bicyclic) bond motifs is 1. The largest absolute Gasteiger partial charge is 0.493 e. The van der Waals surface area contributed by atoms with Gasteiger partial charge in [0.15, 0.2) is 11.3 Å². The van der Waals surface area contributed by atoms with Crippen molar-refractivity contribution in [3.8, 4) is 17.1 Å². The van der Waals surface area contributed by atoms with Gasteiger partial charge in [0.1, 0.15) is 11.6 Å². The Kier molecular flexibility index (Phi) is 4.38. The molecule has 0 saturated heterocycles. The highest BCUT2D eigenvalue weighted by atomic mass is 16.5. The highest BCUT2D eigenvalue weighted by Crippen LogP contribution is 2.30. The number of imidazole rings is 1. The van der Waals surface area contributed by atoms with Gasteiger partial charge < -0.3 is 9.72 Å². The Hall–Kier alpha value is -2.63. The molecule has 0 atom stereocenters. The number of aromatic nitrogens is 4. The van der Waals surface area contributed by atoms with E-state index in [4.69, 9.17) is 4.74 Å². The Balaban J connectivity index is 2.27. The smallest absolute Gasteiger partial charge is 0.277 e. The van der Waals surface area contributed by atoms with Crippen molar-refractivity contribution in [3.63, 3.8) is 0 Å². The van der Waals surface area contributed by atoms with Crippen LogP contribution in [-0.4, -0.2) is 26.2 Å². The van der Waals surface area contributed by atoms with Crippen molar-refractivity contribution < 1.29 is 4.74 Å². The molecule has 0 unspecified atom stereocenters. The zero-order chi connectivity index (χ0) is 17.3. The van der Waals surface area contributed by atoms with Crippen molar-refractivity contribution in [2.75, 3.05) is 6.61 Å². The molecule has 0 aliphatic rings. The maximum atomic E-state index is 12.6. The SMILES string of the molecule is CCCc1nc(C)c2c(=O)[nH]c(-c3cccc(C)c3OCC)nn12. The van der Waals surface area contributed by atoms with Gasteiger partial charge in [-0.15, -0.1) is 5.10 Å². The topological polar surface area (TPSA) is 72.3 Å². The molecule has 0 aliphatic heterocycles. The predicted molar refractivity (Wildman–Crippen MR) is 93.7 cm³/mol. The van der Waals surface area contributed by atoms with Crippen LogP contribution in [0.15, 0.2) is 23.0 Å². The molecule has 3 aromatic rings. The minimum Gasteiger partial charge on any atom is -0.493 e. The molecule has 1 N–H and O–H groups in total. The van der Waals surface area contributed by atoms with Crippen molar-refractivity contribution in [2.45, 2.75) is 40.5 Å². The highest BCUT2D eigenvalue weighted by molar-refractivity contribution is 5.67. The third kappa shape index (κ3) is 2.68. The van der Waals surface area contributed by atoms with E-state index >= 15 is 0 Å². The van der Waals surface area contributed by atoms with E-state index in [-0.39, 0.29) is 5.56 Å². The lowest BCUT2D eigenvalue weighted by molar-refractivity contribution is 0.339. The maximum Gasteiger partial charge on any atom is 0.277 e. The van der Waals surface area contributed by atoms with Crippen molar-refractivity contribution in [3.05, 3.63) is 45.6 Å². The molecule has 0 radical (unpaired) electrons. The summed E-state index contributed by atoms with van der Waals surface area (Å²) in [6.45, 7) is 8.39. The number of para-hydroxylation sites is 1. The van der Waals surface area contributed by atoms with Crippen molar-refractivity contribution in [1.29, 1.82) is 0 Å². The van der Waals surface area contributed by atoms with Crippen LogP contribution in [-0.2, 0) is 6.42 Å². The first-order valence-corrected chi connectivity index (χ1v) is 8.28. The number of aryl methyl sites for hydroxylation is 3. The number of rotatable bonds is 5. The fourth-order valence-corrected chi connectivity index (χ4v) is 2.92. The average molecular weight is 326 g/mol. The van der Waals surface area contributed by atoms with Gasteiger partial charge in [0.05, 0.1) is 17.9 Å². The van der Waals surface area contributed by atoms with Crippen molar-refractivity contribution in [1.82, 2.24) is 19.6 Å². The van der Waals surface area contributed by atoms with Crippen LogP contribution in [0, 0.1) is 13.8 Å². The number of hydrogen-bond donors (Lipinski definition) is 1. The third-order valence-electron chi connectivity index (χ3n) is 3.97. The number of nitrogens with zero attached hydrogens (tertiary/aromatic N) is 3. The quantitative estimate of drug-likeness (QED) is 0.782. The molecule has 0 fully saturated rings. The van der Waals surface area contributed by atoms with E-state index in [9.17, 15) is 4.79 Å². The molecule has 24 heavy (non-hydrogen) atoms. The van der Waals surface area contributed by atoms with Crippen LogP contribution < -0.4 is 10.3 Å². The summed E-state index contributed by atoms with van der Waals surface area (Å²) >= 11 is 0. The normalized spacial score (nSPS) is 11.2. The van der Waals surface area contributed by atoms with Crippen LogP contribution >= 0.6 is 0 Å². The summed E-state index contributed by atoms with van der Waals surface area (Å²) in [6.07, 6.45) is 1.72. The number of hydrogen-bond acceptors (Lipinski definition) is 4. The first-order valence-electron chi connectivity index (χ1n) is 8.28. The minimum absolute atomic E-state index is 0.184. The van der Waals surface area contributed by atoms with E-state index in [1.54, 1.807) is 4.52 Å².